The van der Waals surface area contributed by atoms with Gasteiger partial charge in [-0.3, -0.25) is 4.57 Å². The maximum absolute atomic E-state index is 14.0. The number of carbonyl (C=O) groups is 1. The highest BCUT2D eigenvalue weighted by atomic mass is 35.5. The first-order chi connectivity index (χ1) is 17.2. The van der Waals surface area contributed by atoms with Crippen LogP contribution in [0.5, 0.6) is 0 Å². The largest absolute Gasteiger partial charge is 0.457 e. The number of carbonyl (C=O) groups excluding carboxylic acids is 1. The predicted octanol–water partition coefficient (Wildman–Crippen LogP) is 4.53. The van der Waals surface area contributed by atoms with E-state index in [1.165, 1.54) is 13.2 Å². The third kappa shape index (κ3) is 6.25. The Morgan fingerprint density at radius 3 is 2.73 bits per heavy atom. The van der Waals surface area contributed by atoms with Crippen LogP contribution in [-0.4, -0.2) is 59.9 Å². The van der Waals surface area contributed by atoms with Crippen molar-refractivity contribution >= 4 is 29.4 Å². The van der Waals surface area contributed by atoms with Crippen LogP contribution in [-0.2, 0) is 27.2 Å². The van der Waals surface area contributed by atoms with Gasteiger partial charge in [-0.1, -0.05) is 32.0 Å². The predicted molar refractivity (Wildman–Crippen MR) is 145 cm³/mol. The Labute approximate surface area is 223 Å². The first-order valence-corrected chi connectivity index (χ1v) is 12.6. The van der Waals surface area contributed by atoms with Gasteiger partial charge < -0.3 is 19.4 Å². The Kier molecular flexibility index (Phi) is 9.56. The second-order valence-corrected chi connectivity index (χ2v) is 10.2. The number of imidazole rings is 1. The number of ether oxygens (including phenoxy) is 2. The molecule has 4 rings (SSSR count). The standard InChI is InChI=1S/C28H36FN3O4.ClH/c1-19(2)26-22-10-9-21(29)17-20(22)11-12-28(26,36-25(33)18-35-4)13-14-31(3)15-16-32-24-8-6-5-7-23(24)30-27(32)34;/h5-10,17,19,26H,11-16,18H2,1-4H3,(H,30,34);1H/t26-,28-;/m0./s1. The highest BCUT2D eigenvalue weighted by Crippen LogP contribution is 2.48. The number of nitrogens with zero attached hydrogens (tertiary/aromatic N) is 2. The van der Waals surface area contributed by atoms with Gasteiger partial charge in [-0.15, -0.1) is 12.4 Å². The number of esters is 1. The maximum atomic E-state index is 14.0. The Bertz CT molecular complexity index is 1270. The SMILES string of the molecule is COCC(=O)O[C@]1(CCN(C)CCn2c(=O)[nH]c3ccccc32)CCc2cc(F)ccc2[C@@H]1C(C)C.Cl. The van der Waals surface area contributed by atoms with Crippen LogP contribution in [0.3, 0.4) is 0 Å². The lowest BCUT2D eigenvalue weighted by Crippen LogP contribution is -2.49. The summed E-state index contributed by atoms with van der Waals surface area (Å²) in [7, 11) is 3.49. The molecule has 0 radical (unpaired) electrons. The molecular weight excluding hydrogens is 497 g/mol. The average molecular weight is 534 g/mol. The Hall–Kier alpha value is -2.68. The third-order valence-corrected chi connectivity index (χ3v) is 7.37. The molecule has 3 aromatic rings. The molecule has 0 bridgehead atoms. The minimum Gasteiger partial charge on any atom is -0.457 e. The van der Waals surface area contributed by atoms with Crippen LogP contribution in [0.15, 0.2) is 47.3 Å². The number of nitrogens with one attached hydrogen (secondary N) is 1. The Morgan fingerprint density at radius 2 is 2.00 bits per heavy atom. The number of fused-ring (bicyclic) bond motifs is 2. The fourth-order valence-electron chi connectivity index (χ4n) is 5.76. The van der Waals surface area contributed by atoms with Crippen LogP contribution >= 0.6 is 12.4 Å². The van der Waals surface area contributed by atoms with Crippen LogP contribution in [0.4, 0.5) is 4.39 Å². The number of hydrogen-bond acceptors (Lipinski definition) is 5. The van der Waals surface area contributed by atoms with Gasteiger partial charge in [-0.05, 0) is 61.2 Å². The van der Waals surface area contributed by atoms with E-state index in [2.05, 4.69) is 23.7 Å². The monoisotopic (exact) mass is 533 g/mol. The van der Waals surface area contributed by atoms with E-state index in [0.29, 0.717) is 38.9 Å². The van der Waals surface area contributed by atoms with E-state index in [1.54, 1.807) is 10.6 Å². The van der Waals surface area contributed by atoms with E-state index in [0.717, 1.165) is 22.2 Å². The molecular formula is C28H37ClFN3O4. The number of halogens is 2. The van der Waals surface area contributed by atoms with Crippen molar-refractivity contribution in [3.63, 3.8) is 0 Å². The molecule has 0 amide bonds. The number of aryl methyl sites for hydroxylation is 1. The van der Waals surface area contributed by atoms with Crippen LogP contribution in [0, 0.1) is 11.7 Å². The maximum Gasteiger partial charge on any atom is 0.332 e. The highest BCUT2D eigenvalue weighted by Gasteiger charge is 2.47. The molecule has 0 saturated heterocycles. The minimum atomic E-state index is -0.722. The Balaban J connectivity index is 0.00000380. The van der Waals surface area contributed by atoms with Crippen LogP contribution in [0.2, 0.25) is 0 Å². The summed E-state index contributed by atoms with van der Waals surface area (Å²) in [6.45, 7) is 6.02. The fraction of sp³-hybridized carbons (Fsp3) is 0.500. The molecule has 2 atom stereocenters. The summed E-state index contributed by atoms with van der Waals surface area (Å²) in [5, 5.41) is 0. The lowest BCUT2D eigenvalue weighted by Gasteiger charge is -2.47. The van der Waals surface area contributed by atoms with Gasteiger partial charge in [-0.2, -0.15) is 0 Å². The van der Waals surface area contributed by atoms with E-state index >= 15 is 0 Å². The van der Waals surface area contributed by atoms with Crippen molar-refractivity contribution in [2.45, 2.75) is 51.2 Å². The number of para-hydroxylation sites is 2. The topological polar surface area (TPSA) is 76.6 Å². The van der Waals surface area contributed by atoms with Crippen molar-refractivity contribution in [2.75, 3.05) is 33.9 Å². The molecule has 0 spiro atoms. The first kappa shape index (κ1) is 28.9. The van der Waals surface area contributed by atoms with Crippen molar-refractivity contribution in [1.82, 2.24) is 14.5 Å². The normalized spacial score (nSPS) is 19.2. The van der Waals surface area contributed by atoms with Gasteiger partial charge >= 0.3 is 11.7 Å². The summed E-state index contributed by atoms with van der Waals surface area (Å²) >= 11 is 0. The van der Waals surface area contributed by atoms with E-state index < -0.39 is 5.60 Å². The first-order valence-electron chi connectivity index (χ1n) is 12.6. The second kappa shape index (κ2) is 12.2. The molecule has 9 heteroatoms. The van der Waals surface area contributed by atoms with E-state index in [-0.39, 0.29) is 48.3 Å². The fourth-order valence-corrected chi connectivity index (χ4v) is 5.76. The zero-order chi connectivity index (χ0) is 25.9. The molecule has 7 nitrogen and oxygen atoms in total. The molecule has 1 aliphatic rings. The number of aromatic nitrogens is 2. The summed E-state index contributed by atoms with van der Waals surface area (Å²) in [5.74, 6) is -0.513. The quantitative estimate of drug-likeness (QED) is 0.388. The van der Waals surface area contributed by atoms with Gasteiger partial charge in [0.25, 0.3) is 0 Å². The van der Waals surface area contributed by atoms with Crippen LogP contribution in [0.25, 0.3) is 11.0 Å². The summed E-state index contributed by atoms with van der Waals surface area (Å²) in [6, 6.07) is 12.6. The van der Waals surface area contributed by atoms with Gasteiger partial charge in [0.05, 0.1) is 11.0 Å². The van der Waals surface area contributed by atoms with Gasteiger partial charge in [0.2, 0.25) is 0 Å². The molecule has 1 heterocycles. The van der Waals surface area contributed by atoms with Gasteiger partial charge in [0, 0.05) is 39.1 Å². The van der Waals surface area contributed by atoms with Crippen molar-refractivity contribution in [3.8, 4) is 0 Å². The summed E-state index contributed by atoms with van der Waals surface area (Å²) in [5.41, 5.74) is 2.91. The Morgan fingerprint density at radius 1 is 1.24 bits per heavy atom. The zero-order valence-electron chi connectivity index (χ0n) is 22.0. The molecule has 202 valence electrons. The van der Waals surface area contributed by atoms with E-state index in [4.69, 9.17) is 9.47 Å². The number of H-pyrrole nitrogens is 1. The molecule has 0 unspecified atom stereocenters. The number of benzene rings is 2. The van der Waals surface area contributed by atoms with Crippen molar-refractivity contribution in [2.24, 2.45) is 5.92 Å². The molecule has 2 aromatic carbocycles. The molecule has 1 aromatic heterocycles. The number of hydrogen-bond donors (Lipinski definition) is 1. The minimum absolute atomic E-state index is 0. The lowest BCUT2D eigenvalue weighted by atomic mass is 9.65. The van der Waals surface area contributed by atoms with Gasteiger partial charge in [0.1, 0.15) is 18.0 Å². The molecule has 0 aliphatic heterocycles. The van der Waals surface area contributed by atoms with Gasteiger partial charge in [0.15, 0.2) is 0 Å². The van der Waals surface area contributed by atoms with Gasteiger partial charge in [-0.25, -0.2) is 14.0 Å². The number of rotatable bonds is 10. The number of likely N-dealkylation sites (N-methyl/N-ethyl adjacent to an activating group) is 1. The highest BCUT2D eigenvalue weighted by molar-refractivity contribution is 5.85. The summed E-state index contributed by atoms with van der Waals surface area (Å²) in [6.07, 6.45) is 1.89. The number of methoxy groups -OCH3 is 1. The smallest absolute Gasteiger partial charge is 0.332 e. The number of aromatic amines is 1. The second-order valence-electron chi connectivity index (χ2n) is 10.2. The van der Waals surface area contributed by atoms with Crippen molar-refractivity contribution < 1.29 is 18.7 Å². The molecule has 1 aliphatic carbocycles. The van der Waals surface area contributed by atoms with Crippen molar-refractivity contribution in [1.29, 1.82) is 0 Å². The molecule has 0 fully saturated rings. The zero-order valence-corrected chi connectivity index (χ0v) is 22.8. The lowest BCUT2D eigenvalue weighted by molar-refractivity contribution is -0.172. The van der Waals surface area contributed by atoms with Crippen LogP contribution in [0.1, 0.15) is 43.7 Å². The molecule has 37 heavy (non-hydrogen) atoms. The van der Waals surface area contributed by atoms with E-state index in [9.17, 15) is 14.0 Å². The summed E-state index contributed by atoms with van der Waals surface area (Å²) < 4.78 is 27.0. The van der Waals surface area contributed by atoms with Crippen molar-refractivity contribution in [3.05, 3.63) is 69.9 Å². The van der Waals surface area contributed by atoms with Crippen LogP contribution < -0.4 is 5.69 Å². The molecule has 1 N–H and O–H groups in total. The van der Waals surface area contributed by atoms with E-state index in [1.807, 2.05) is 37.4 Å². The summed E-state index contributed by atoms with van der Waals surface area (Å²) in [4.78, 5) is 30.2. The molecule has 0 saturated carbocycles. The average Bonchev–Trinajstić information content (AvgIpc) is 3.16. The third-order valence-electron chi connectivity index (χ3n) is 7.37.